The Morgan fingerprint density at radius 3 is 2.42 bits per heavy atom. The molecule has 2 aromatic carbocycles. The number of hydrogen-bond acceptors (Lipinski definition) is 2. The lowest BCUT2D eigenvalue weighted by atomic mass is 10.1. The van der Waals surface area contributed by atoms with Gasteiger partial charge in [-0.25, -0.2) is 0 Å². The quantitative estimate of drug-likeness (QED) is 0.816. The van der Waals surface area contributed by atoms with E-state index in [1.165, 1.54) is 11.1 Å². The molecule has 1 N–H and O–H groups in total. The van der Waals surface area contributed by atoms with Gasteiger partial charge in [-0.3, -0.25) is 0 Å². The predicted octanol–water partition coefficient (Wildman–Crippen LogP) is 4.56. The van der Waals surface area contributed by atoms with Crippen LogP contribution in [-0.2, 0) is 0 Å². The van der Waals surface area contributed by atoms with Gasteiger partial charge in [-0.1, -0.05) is 40.2 Å². The topological polar surface area (TPSA) is 21.3 Å². The highest BCUT2D eigenvalue weighted by atomic mass is 79.9. The summed E-state index contributed by atoms with van der Waals surface area (Å²) in [4.78, 5) is 0. The summed E-state index contributed by atoms with van der Waals surface area (Å²) in [7, 11) is 0. The van der Waals surface area contributed by atoms with E-state index in [0.717, 1.165) is 22.5 Å². The van der Waals surface area contributed by atoms with Crippen LogP contribution in [0.1, 0.15) is 11.1 Å². The van der Waals surface area contributed by atoms with Crippen molar-refractivity contribution in [2.24, 2.45) is 0 Å². The molecular formula is C16H18BrNO. The van der Waals surface area contributed by atoms with Crippen LogP contribution in [0.2, 0.25) is 0 Å². The SMILES string of the molecule is Cc1cccc(C)c1OCCNc1cccc(Br)c1. The van der Waals surface area contributed by atoms with Gasteiger partial charge in [0.05, 0.1) is 0 Å². The predicted molar refractivity (Wildman–Crippen MR) is 84.0 cm³/mol. The Morgan fingerprint density at radius 2 is 1.74 bits per heavy atom. The normalized spacial score (nSPS) is 10.3. The molecule has 0 aromatic heterocycles. The third-order valence-electron chi connectivity index (χ3n) is 2.91. The molecule has 0 radical (unpaired) electrons. The lowest BCUT2D eigenvalue weighted by Crippen LogP contribution is -2.12. The number of benzene rings is 2. The number of aryl methyl sites for hydroxylation is 2. The van der Waals surface area contributed by atoms with E-state index in [4.69, 9.17) is 4.74 Å². The highest BCUT2D eigenvalue weighted by molar-refractivity contribution is 9.10. The van der Waals surface area contributed by atoms with Gasteiger partial charge in [-0.05, 0) is 43.2 Å². The van der Waals surface area contributed by atoms with Crippen LogP contribution in [0.15, 0.2) is 46.9 Å². The van der Waals surface area contributed by atoms with Gasteiger partial charge in [0.1, 0.15) is 12.4 Å². The molecule has 0 aliphatic heterocycles. The maximum atomic E-state index is 5.85. The third kappa shape index (κ3) is 4.00. The van der Waals surface area contributed by atoms with Crippen LogP contribution in [0.4, 0.5) is 5.69 Å². The van der Waals surface area contributed by atoms with Crippen molar-refractivity contribution < 1.29 is 4.74 Å². The van der Waals surface area contributed by atoms with Crippen molar-refractivity contribution in [3.05, 3.63) is 58.1 Å². The summed E-state index contributed by atoms with van der Waals surface area (Å²) in [5.74, 6) is 0.999. The zero-order chi connectivity index (χ0) is 13.7. The van der Waals surface area contributed by atoms with Crippen LogP contribution in [0.3, 0.4) is 0 Å². The van der Waals surface area contributed by atoms with Gasteiger partial charge in [-0.2, -0.15) is 0 Å². The fraction of sp³-hybridized carbons (Fsp3) is 0.250. The number of rotatable bonds is 5. The lowest BCUT2D eigenvalue weighted by Gasteiger charge is -2.12. The molecule has 0 saturated carbocycles. The van der Waals surface area contributed by atoms with Crippen molar-refractivity contribution in [3.63, 3.8) is 0 Å². The van der Waals surface area contributed by atoms with Crippen molar-refractivity contribution in [2.75, 3.05) is 18.5 Å². The molecule has 19 heavy (non-hydrogen) atoms. The average molecular weight is 320 g/mol. The second-order valence-corrected chi connectivity index (χ2v) is 5.42. The fourth-order valence-electron chi connectivity index (χ4n) is 1.97. The van der Waals surface area contributed by atoms with E-state index in [0.29, 0.717) is 6.61 Å². The van der Waals surface area contributed by atoms with Crippen LogP contribution in [0.5, 0.6) is 5.75 Å². The molecule has 0 saturated heterocycles. The van der Waals surface area contributed by atoms with E-state index in [1.54, 1.807) is 0 Å². The molecule has 0 aliphatic rings. The van der Waals surface area contributed by atoms with Gasteiger partial charge in [-0.15, -0.1) is 0 Å². The van der Waals surface area contributed by atoms with Gasteiger partial charge in [0.25, 0.3) is 0 Å². The molecule has 2 aromatic rings. The molecule has 0 fully saturated rings. The molecule has 0 spiro atoms. The standard InChI is InChI=1S/C16H18BrNO/c1-12-5-3-6-13(2)16(12)19-10-9-18-15-8-4-7-14(17)11-15/h3-8,11,18H,9-10H2,1-2H3. The minimum atomic E-state index is 0.651. The van der Waals surface area contributed by atoms with Gasteiger partial charge in [0, 0.05) is 16.7 Å². The smallest absolute Gasteiger partial charge is 0.125 e. The van der Waals surface area contributed by atoms with E-state index >= 15 is 0 Å². The van der Waals surface area contributed by atoms with Crippen molar-refractivity contribution in [1.29, 1.82) is 0 Å². The third-order valence-corrected chi connectivity index (χ3v) is 3.40. The zero-order valence-electron chi connectivity index (χ0n) is 11.2. The number of anilines is 1. The first-order valence-electron chi connectivity index (χ1n) is 6.35. The number of nitrogens with one attached hydrogen (secondary N) is 1. The minimum Gasteiger partial charge on any atom is -0.491 e. The first kappa shape index (κ1) is 13.9. The van der Waals surface area contributed by atoms with Gasteiger partial charge < -0.3 is 10.1 Å². The van der Waals surface area contributed by atoms with Crippen molar-refractivity contribution >= 4 is 21.6 Å². The highest BCUT2D eigenvalue weighted by Gasteiger charge is 2.02. The molecule has 2 rings (SSSR count). The van der Waals surface area contributed by atoms with Gasteiger partial charge >= 0.3 is 0 Å². The Labute approximate surface area is 122 Å². The van der Waals surface area contributed by atoms with E-state index in [-0.39, 0.29) is 0 Å². The van der Waals surface area contributed by atoms with Crippen LogP contribution in [0.25, 0.3) is 0 Å². The molecule has 2 nitrogen and oxygen atoms in total. The summed E-state index contributed by atoms with van der Waals surface area (Å²) in [6.07, 6.45) is 0. The first-order chi connectivity index (χ1) is 9.16. The molecule has 0 heterocycles. The van der Waals surface area contributed by atoms with Crippen molar-refractivity contribution in [3.8, 4) is 5.75 Å². The Kier molecular flexibility index (Phi) is 4.86. The Bertz CT molecular complexity index is 534. The van der Waals surface area contributed by atoms with Crippen LogP contribution >= 0.6 is 15.9 Å². The summed E-state index contributed by atoms with van der Waals surface area (Å²) in [6.45, 7) is 5.58. The molecular weight excluding hydrogens is 302 g/mol. The molecule has 0 amide bonds. The number of hydrogen-bond donors (Lipinski definition) is 1. The van der Waals surface area contributed by atoms with Crippen molar-refractivity contribution in [1.82, 2.24) is 0 Å². The maximum Gasteiger partial charge on any atom is 0.125 e. The molecule has 0 bridgehead atoms. The number of para-hydroxylation sites is 1. The number of halogens is 1. The van der Waals surface area contributed by atoms with Gasteiger partial charge in [0.15, 0.2) is 0 Å². The molecule has 100 valence electrons. The largest absolute Gasteiger partial charge is 0.491 e. The van der Waals surface area contributed by atoms with E-state index in [1.807, 2.05) is 18.2 Å². The Morgan fingerprint density at radius 1 is 1.05 bits per heavy atom. The minimum absolute atomic E-state index is 0.651. The van der Waals surface area contributed by atoms with Crippen molar-refractivity contribution in [2.45, 2.75) is 13.8 Å². The summed E-state index contributed by atoms with van der Waals surface area (Å²) in [5.41, 5.74) is 3.46. The average Bonchev–Trinajstić information content (AvgIpc) is 2.37. The lowest BCUT2D eigenvalue weighted by molar-refractivity contribution is 0.328. The van der Waals surface area contributed by atoms with E-state index < -0.39 is 0 Å². The zero-order valence-corrected chi connectivity index (χ0v) is 12.8. The van der Waals surface area contributed by atoms with Crippen LogP contribution in [-0.4, -0.2) is 13.2 Å². The maximum absolute atomic E-state index is 5.85. The second kappa shape index (κ2) is 6.62. The Balaban J connectivity index is 1.84. The van der Waals surface area contributed by atoms with E-state index in [9.17, 15) is 0 Å². The van der Waals surface area contributed by atoms with E-state index in [2.05, 4.69) is 59.4 Å². The van der Waals surface area contributed by atoms with Crippen LogP contribution in [0, 0.1) is 13.8 Å². The first-order valence-corrected chi connectivity index (χ1v) is 7.14. The molecule has 0 aliphatic carbocycles. The van der Waals surface area contributed by atoms with Crippen LogP contribution < -0.4 is 10.1 Å². The number of ether oxygens (including phenoxy) is 1. The monoisotopic (exact) mass is 319 g/mol. The highest BCUT2D eigenvalue weighted by Crippen LogP contribution is 2.22. The molecule has 0 unspecified atom stereocenters. The second-order valence-electron chi connectivity index (χ2n) is 4.51. The summed E-state index contributed by atoms with van der Waals surface area (Å²) in [5, 5.41) is 3.34. The summed E-state index contributed by atoms with van der Waals surface area (Å²) >= 11 is 3.46. The molecule has 3 heteroatoms. The molecule has 0 atom stereocenters. The fourth-order valence-corrected chi connectivity index (χ4v) is 2.37. The Hall–Kier alpha value is -1.48. The summed E-state index contributed by atoms with van der Waals surface area (Å²) < 4.78 is 6.92. The van der Waals surface area contributed by atoms with Gasteiger partial charge in [0.2, 0.25) is 0 Å². The summed E-state index contributed by atoms with van der Waals surface area (Å²) in [6, 6.07) is 14.3.